The number of carbonyl (C=O) groups excluding carboxylic acids is 1. The third-order valence-electron chi connectivity index (χ3n) is 3.13. The van der Waals surface area contributed by atoms with Crippen molar-refractivity contribution in [3.8, 4) is 0 Å². The van der Waals surface area contributed by atoms with Crippen molar-refractivity contribution < 1.29 is 19.1 Å². The van der Waals surface area contributed by atoms with Crippen molar-refractivity contribution in [1.29, 1.82) is 0 Å². The van der Waals surface area contributed by atoms with Crippen molar-refractivity contribution in [1.82, 2.24) is 4.90 Å². The standard InChI is InChI=1S/C14H19FN2O3/c1-3-17(7-9(2)14(19)20)8-11-5-4-10(13(16)18)6-12(11)15/h4-6,9H,3,7-8H2,1-2H3,(H2,16,18)(H,19,20). The highest BCUT2D eigenvalue weighted by atomic mass is 19.1. The number of nitrogens with two attached hydrogens (primary N) is 1. The first-order chi connectivity index (χ1) is 9.35. The summed E-state index contributed by atoms with van der Waals surface area (Å²) in [5.74, 6) is -2.60. The monoisotopic (exact) mass is 282 g/mol. The van der Waals surface area contributed by atoms with Gasteiger partial charge in [0.1, 0.15) is 5.82 Å². The Kier molecular flexibility index (Phi) is 5.64. The van der Waals surface area contributed by atoms with Crippen LogP contribution in [0.2, 0.25) is 0 Å². The molecule has 0 radical (unpaired) electrons. The molecule has 1 rings (SSSR count). The van der Waals surface area contributed by atoms with E-state index in [1.807, 2.05) is 11.8 Å². The third kappa shape index (κ3) is 4.31. The van der Waals surface area contributed by atoms with Gasteiger partial charge in [-0.25, -0.2) is 4.39 Å². The molecule has 0 bridgehead atoms. The first kappa shape index (κ1) is 16.1. The highest BCUT2D eigenvalue weighted by Gasteiger charge is 2.16. The van der Waals surface area contributed by atoms with Crippen LogP contribution in [0.3, 0.4) is 0 Å². The lowest BCUT2D eigenvalue weighted by atomic mass is 10.1. The van der Waals surface area contributed by atoms with Gasteiger partial charge in [-0.05, 0) is 18.7 Å². The Morgan fingerprint density at radius 3 is 2.55 bits per heavy atom. The Bertz CT molecular complexity index is 505. The van der Waals surface area contributed by atoms with E-state index in [0.29, 0.717) is 25.2 Å². The van der Waals surface area contributed by atoms with Gasteiger partial charge in [-0.15, -0.1) is 0 Å². The minimum Gasteiger partial charge on any atom is -0.481 e. The van der Waals surface area contributed by atoms with Crippen molar-refractivity contribution in [2.45, 2.75) is 20.4 Å². The molecular formula is C14H19FN2O3. The minimum absolute atomic E-state index is 0.119. The fourth-order valence-corrected chi connectivity index (χ4v) is 1.84. The molecule has 0 saturated carbocycles. The average molecular weight is 282 g/mol. The van der Waals surface area contributed by atoms with Gasteiger partial charge in [-0.2, -0.15) is 0 Å². The van der Waals surface area contributed by atoms with Crippen molar-refractivity contribution in [3.63, 3.8) is 0 Å². The largest absolute Gasteiger partial charge is 0.481 e. The van der Waals surface area contributed by atoms with Crippen molar-refractivity contribution in [2.75, 3.05) is 13.1 Å². The minimum atomic E-state index is -0.881. The molecule has 0 aliphatic heterocycles. The second-order valence-electron chi connectivity index (χ2n) is 4.74. The Morgan fingerprint density at radius 1 is 1.45 bits per heavy atom. The van der Waals surface area contributed by atoms with E-state index in [-0.39, 0.29) is 5.56 Å². The van der Waals surface area contributed by atoms with Gasteiger partial charge >= 0.3 is 5.97 Å². The smallest absolute Gasteiger partial charge is 0.307 e. The van der Waals surface area contributed by atoms with Gasteiger partial charge in [0.05, 0.1) is 5.92 Å². The highest BCUT2D eigenvalue weighted by molar-refractivity contribution is 5.92. The van der Waals surface area contributed by atoms with Crippen LogP contribution in [0.25, 0.3) is 0 Å². The molecule has 110 valence electrons. The summed E-state index contributed by atoms with van der Waals surface area (Å²) in [6.07, 6.45) is 0. The molecule has 0 spiro atoms. The molecule has 0 aliphatic carbocycles. The molecule has 1 unspecified atom stereocenters. The molecule has 0 aromatic heterocycles. The lowest BCUT2D eigenvalue weighted by molar-refractivity contribution is -0.141. The van der Waals surface area contributed by atoms with Crippen LogP contribution in [-0.2, 0) is 11.3 Å². The van der Waals surface area contributed by atoms with E-state index in [1.165, 1.54) is 12.1 Å². The van der Waals surface area contributed by atoms with Crippen molar-refractivity contribution in [2.24, 2.45) is 11.7 Å². The van der Waals surface area contributed by atoms with E-state index in [0.717, 1.165) is 6.07 Å². The Labute approximate surface area is 117 Å². The van der Waals surface area contributed by atoms with Crippen LogP contribution < -0.4 is 5.73 Å². The van der Waals surface area contributed by atoms with Crippen LogP contribution in [0.1, 0.15) is 29.8 Å². The first-order valence-corrected chi connectivity index (χ1v) is 6.38. The summed E-state index contributed by atoms with van der Waals surface area (Å²) in [4.78, 5) is 23.6. The van der Waals surface area contributed by atoms with E-state index in [4.69, 9.17) is 10.8 Å². The van der Waals surface area contributed by atoms with E-state index in [9.17, 15) is 14.0 Å². The summed E-state index contributed by atoms with van der Waals surface area (Å²) < 4.78 is 13.9. The van der Waals surface area contributed by atoms with Crippen LogP contribution >= 0.6 is 0 Å². The molecule has 0 saturated heterocycles. The number of hydrogen-bond donors (Lipinski definition) is 2. The fourth-order valence-electron chi connectivity index (χ4n) is 1.84. The topological polar surface area (TPSA) is 83.6 Å². The number of rotatable bonds is 7. The molecule has 1 amide bonds. The summed E-state index contributed by atoms with van der Waals surface area (Å²) in [5, 5.41) is 8.89. The summed E-state index contributed by atoms with van der Waals surface area (Å²) >= 11 is 0. The predicted molar refractivity (Wildman–Crippen MR) is 72.7 cm³/mol. The van der Waals surface area contributed by atoms with Crippen LogP contribution in [0, 0.1) is 11.7 Å². The maximum atomic E-state index is 13.9. The number of aliphatic carboxylic acids is 1. The second kappa shape index (κ2) is 7.00. The summed E-state index contributed by atoms with van der Waals surface area (Å²) in [7, 11) is 0. The van der Waals surface area contributed by atoms with Gasteiger partial charge in [-0.1, -0.05) is 19.9 Å². The number of carbonyl (C=O) groups is 2. The van der Waals surface area contributed by atoms with E-state index in [1.54, 1.807) is 6.92 Å². The number of hydrogen-bond acceptors (Lipinski definition) is 3. The average Bonchev–Trinajstić information content (AvgIpc) is 2.39. The Morgan fingerprint density at radius 2 is 2.10 bits per heavy atom. The normalized spacial score (nSPS) is 12.4. The molecule has 0 heterocycles. The predicted octanol–water partition coefficient (Wildman–Crippen LogP) is 1.47. The maximum absolute atomic E-state index is 13.9. The molecule has 20 heavy (non-hydrogen) atoms. The van der Waals surface area contributed by atoms with E-state index in [2.05, 4.69) is 0 Å². The van der Waals surface area contributed by atoms with Gasteiger partial charge in [-0.3, -0.25) is 14.5 Å². The van der Waals surface area contributed by atoms with Crippen molar-refractivity contribution >= 4 is 11.9 Å². The van der Waals surface area contributed by atoms with Gasteiger partial charge in [0.25, 0.3) is 0 Å². The molecule has 1 aromatic rings. The van der Waals surface area contributed by atoms with Gasteiger partial charge in [0, 0.05) is 24.2 Å². The number of halogens is 1. The molecule has 3 N–H and O–H groups in total. The van der Waals surface area contributed by atoms with Crippen LogP contribution in [0.4, 0.5) is 4.39 Å². The zero-order valence-electron chi connectivity index (χ0n) is 11.6. The molecule has 5 nitrogen and oxygen atoms in total. The number of primary amides is 1. The summed E-state index contributed by atoms with van der Waals surface area (Å²) in [6, 6.07) is 4.07. The summed E-state index contributed by atoms with van der Waals surface area (Å²) in [5.41, 5.74) is 5.61. The fraction of sp³-hybridized carbons (Fsp3) is 0.429. The van der Waals surface area contributed by atoms with E-state index < -0.39 is 23.6 Å². The molecule has 1 aromatic carbocycles. The zero-order valence-corrected chi connectivity index (χ0v) is 11.6. The van der Waals surface area contributed by atoms with Crippen LogP contribution in [-0.4, -0.2) is 35.0 Å². The quantitative estimate of drug-likeness (QED) is 0.793. The number of carboxylic acids is 1. The Hall–Kier alpha value is -1.95. The van der Waals surface area contributed by atoms with Crippen LogP contribution in [0.15, 0.2) is 18.2 Å². The SMILES string of the molecule is CCN(Cc1ccc(C(N)=O)cc1F)CC(C)C(=O)O. The van der Waals surface area contributed by atoms with Gasteiger partial charge in [0.15, 0.2) is 0 Å². The van der Waals surface area contributed by atoms with Gasteiger partial charge < -0.3 is 10.8 Å². The second-order valence-corrected chi connectivity index (χ2v) is 4.74. The molecule has 0 fully saturated rings. The highest BCUT2D eigenvalue weighted by Crippen LogP contribution is 2.14. The van der Waals surface area contributed by atoms with Crippen LogP contribution in [0.5, 0.6) is 0 Å². The molecule has 1 atom stereocenters. The van der Waals surface area contributed by atoms with Gasteiger partial charge in [0.2, 0.25) is 5.91 Å². The third-order valence-corrected chi connectivity index (χ3v) is 3.13. The van der Waals surface area contributed by atoms with Crippen molar-refractivity contribution in [3.05, 3.63) is 35.1 Å². The maximum Gasteiger partial charge on any atom is 0.307 e. The number of nitrogens with zero attached hydrogens (tertiary/aromatic N) is 1. The molecule has 0 aliphatic rings. The lowest BCUT2D eigenvalue weighted by Crippen LogP contribution is -2.31. The number of benzene rings is 1. The summed E-state index contributed by atoms with van der Waals surface area (Å²) in [6.45, 7) is 4.72. The zero-order chi connectivity index (χ0) is 15.3. The van der Waals surface area contributed by atoms with E-state index >= 15 is 0 Å². The lowest BCUT2D eigenvalue weighted by Gasteiger charge is -2.22. The first-order valence-electron chi connectivity index (χ1n) is 6.38. The number of carboxylic acid groups (broad SMARTS) is 1. The Balaban J connectivity index is 2.80. The number of amides is 1. The molecule has 6 heteroatoms. The molecular weight excluding hydrogens is 263 g/mol.